The van der Waals surface area contributed by atoms with Gasteiger partial charge >= 0.3 is 12.2 Å². The number of carbonyl (C=O) groups is 2. The normalized spacial score (nSPS) is 12.3. The molecule has 0 aromatic carbocycles. The highest BCUT2D eigenvalue weighted by molar-refractivity contribution is 5.73. The molecule has 0 spiro atoms. The van der Waals surface area contributed by atoms with E-state index in [1.807, 2.05) is 0 Å². The van der Waals surface area contributed by atoms with Crippen molar-refractivity contribution in [3.8, 4) is 0 Å². The van der Waals surface area contributed by atoms with Gasteiger partial charge in [0.2, 0.25) is 0 Å². The van der Waals surface area contributed by atoms with Crippen LogP contribution >= 0.6 is 0 Å². The van der Waals surface area contributed by atoms with Gasteiger partial charge in [-0.1, -0.05) is 69.5 Å². The fraction of sp³-hybridized carbons (Fsp3) is 0.875. The Kier molecular flexibility index (Phi) is 13.5. The molecule has 6 nitrogen and oxygen atoms in total. The van der Waals surface area contributed by atoms with Crippen molar-refractivity contribution in [2.75, 3.05) is 13.2 Å². The third-order valence-corrected chi connectivity index (χ3v) is 3.42. The van der Waals surface area contributed by atoms with Gasteiger partial charge in [0, 0.05) is 0 Å². The summed E-state index contributed by atoms with van der Waals surface area (Å²) < 4.78 is 9.82. The highest BCUT2D eigenvalue weighted by Gasteiger charge is 2.10. The van der Waals surface area contributed by atoms with Gasteiger partial charge in [0.25, 0.3) is 0 Å². The quantitative estimate of drug-likeness (QED) is 0.372. The second-order valence-electron chi connectivity index (χ2n) is 5.37. The molecular weight excluding hydrogens is 284 g/mol. The van der Waals surface area contributed by atoms with Gasteiger partial charge in [0.15, 0.2) is 0 Å². The molecule has 0 aliphatic carbocycles. The fourth-order valence-electron chi connectivity index (χ4n) is 1.91. The maximum Gasteiger partial charge on any atom is 0.452 e. The number of azo groups is 1. The molecule has 1 unspecified atom stereocenters. The van der Waals surface area contributed by atoms with Crippen LogP contribution in [0.4, 0.5) is 9.59 Å². The lowest BCUT2D eigenvalue weighted by molar-refractivity contribution is 0.128. The fourth-order valence-corrected chi connectivity index (χ4v) is 1.91. The Morgan fingerprint density at radius 3 is 2.09 bits per heavy atom. The smallest absolute Gasteiger partial charge is 0.447 e. The maximum atomic E-state index is 11.4. The number of rotatable bonds is 11. The van der Waals surface area contributed by atoms with Crippen molar-refractivity contribution in [1.82, 2.24) is 0 Å². The standard InChI is InChI=1S/C16H30N2O4/c1-4-7-9-10-12-21-15(19)17-18-16(20)22-13-14(6-3)11-8-5-2/h14H,4-13H2,1-3H3/b18-17+. The monoisotopic (exact) mass is 314 g/mol. The third kappa shape index (κ3) is 12.3. The van der Waals surface area contributed by atoms with E-state index in [2.05, 4.69) is 31.0 Å². The van der Waals surface area contributed by atoms with E-state index >= 15 is 0 Å². The average Bonchev–Trinajstić information content (AvgIpc) is 2.53. The van der Waals surface area contributed by atoms with Gasteiger partial charge in [-0.05, 0) is 18.8 Å². The third-order valence-electron chi connectivity index (χ3n) is 3.42. The van der Waals surface area contributed by atoms with E-state index in [0.29, 0.717) is 19.1 Å². The summed E-state index contributed by atoms with van der Waals surface area (Å²) in [5.74, 6) is 0.338. The van der Waals surface area contributed by atoms with Gasteiger partial charge in [-0.2, -0.15) is 0 Å². The molecule has 0 saturated carbocycles. The zero-order valence-corrected chi connectivity index (χ0v) is 14.2. The summed E-state index contributed by atoms with van der Waals surface area (Å²) in [6, 6.07) is 0. The van der Waals surface area contributed by atoms with Crippen molar-refractivity contribution in [3.05, 3.63) is 0 Å². The predicted molar refractivity (Wildman–Crippen MR) is 85.0 cm³/mol. The van der Waals surface area contributed by atoms with Crippen molar-refractivity contribution in [3.63, 3.8) is 0 Å². The van der Waals surface area contributed by atoms with Crippen LogP contribution in [0.15, 0.2) is 10.2 Å². The maximum absolute atomic E-state index is 11.4. The minimum Gasteiger partial charge on any atom is -0.447 e. The molecule has 22 heavy (non-hydrogen) atoms. The second-order valence-corrected chi connectivity index (χ2v) is 5.37. The molecule has 0 fully saturated rings. The van der Waals surface area contributed by atoms with Crippen molar-refractivity contribution in [2.24, 2.45) is 16.1 Å². The van der Waals surface area contributed by atoms with E-state index in [9.17, 15) is 9.59 Å². The van der Waals surface area contributed by atoms with Crippen LogP contribution in [0, 0.1) is 5.92 Å². The van der Waals surface area contributed by atoms with E-state index in [1.54, 1.807) is 0 Å². The number of unbranched alkanes of at least 4 members (excludes halogenated alkanes) is 4. The molecule has 0 aromatic heterocycles. The van der Waals surface area contributed by atoms with Crippen LogP contribution in [0.25, 0.3) is 0 Å². The Balaban J connectivity index is 3.81. The van der Waals surface area contributed by atoms with Crippen LogP contribution in [0.5, 0.6) is 0 Å². The molecule has 6 heteroatoms. The molecule has 1 atom stereocenters. The van der Waals surface area contributed by atoms with E-state index in [-0.39, 0.29) is 0 Å². The van der Waals surface area contributed by atoms with E-state index in [4.69, 9.17) is 9.47 Å². The number of hydrogen-bond acceptors (Lipinski definition) is 4. The van der Waals surface area contributed by atoms with Crippen LogP contribution in [0.2, 0.25) is 0 Å². The van der Waals surface area contributed by atoms with Crippen LogP contribution in [0.3, 0.4) is 0 Å². The Morgan fingerprint density at radius 1 is 0.864 bits per heavy atom. The summed E-state index contributed by atoms with van der Waals surface area (Å²) in [6.45, 7) is 6.92. The van der Waals surface area contributed by atoms with Gasteiger partial charge in [-0.25, -0.2) is 9.59 Å². The Labute approximate surface area is 133 Å². The molecular formula is C16H30N2O4. The molecule has 0 bridgehead atoms. The van der Waals surface area contributed by atoms with Gasteiger partial charge in [0.1, 0.15) is 0 Å². The van der Waals surface area contributed by atoms with E-state index in [0.717, 1.165) is 51.4 Å². The molecule has 0 aliphatic heterocycles. The summed E-state index contributed by atoms with van der Waals surface area (Å²) in [5.41, 5.74) is 0. The van der Waals surface area contributed by atoms with E-state index in [1.165, 1.54) is 0 Å². The highest BCUT2D eigenvalue weighted by atomic mass is 16.6. The molecule has 0 radical (unpaired) electrons. The number of nitrogens with zero attached hydrogens (tertiary/aromatic N) is 2. The molecule has 0 saturated heterocycles. The molecule has 2 amide bonds. The highest BCUT2D eigenvalue weighted by Crippen LogP contribution is 2.13. The van der Waals surface area contributed by atoms with Crippen molar-refractivity contribution in [2.45, 2.75) is 72.1 Å². The minimum absolute atomic E-state index is 0.307. The van der Waals surface area contributed by atoms with Gasteiger partial charge < -0.3 is 9.47 Å². The zero-order chi connectivity index (χ0) is 16.6. The first kappa shape index (κ1) is 20.5. The van der Waals surface area contributed by atoms with Gasteiger partial charge in [-0.15, -0.1) is 0 Å². The van der Waals surface area contributed by atoms with Crippen molar-refractivity contribution in [1.29, 1.82) is 0 Å². The van der Waals surface area contributed by atoms with E-state index < -0.39 is 12.2 Å². The summed E-state index contributed by atoms with van der Waals surface area (Å²) in [6.07, 6.45) is 6.58. The number of amides is 2. The molecule has 0 rings (SSSR count). The summed E-state index contributed by atoms with van der Waals surface area (Å²) in [4.78, 5) is 22.6. The predicted octanol–water partition coefficient (Wildman–Crippen LogP) is 5.51. The zero-order valence-electron chi connectivity index (χ0n) is 14.2. The Bertz CT molecular complexity index is 332. The molecule has 128 valence electrons. The lowest BCUT2D eigenvalue weighted by Gasteiger charge is -2.12. The average molecular weight is 314 g/mol. The Hall–Kier alpha value is -1.46. The summed E-state index contributed by atoms with van der Waals surface area (Å²) in [5, 5.41) is 6.41. The molecule has 0 heterocycles. The summed E-state index contributed by atoms with van der Waals surface area (Å²) >= 11 is 0. The number of carbonyl (C=O) groups excluding carboxylic acids is 2. The first-order valence-electron chi connectivity index (χ1n) is 8.39. The first-order chi connectivity index (χ1) is 10.6. The van der Waals surface area contributed by atoms with Crippen LogP contribution < -0.4 is 0 Å². The Morgan fingerprint density at radius 2 is 1.50 bits per heavy atom. The SMILES string of the molecule is CCCCCCOC(=O)/N=N/C(=O)OCC(CC)CCCC. The van der Waals surface area contributed by atoms with Crippen LogP contribution in [-0.2, 0) is 9.47 Å². The molecule has 0 N–H and O–H groups in total. The number of ether oxygens (including phenoxy) is 2. The van der Waals surface area contributed by atoms with Gasteiger partial charge in [-0.3, -0.25) is 0 Å². The van der Waals surface area contributed by atoms with Crippen LogP contribution in [-0.4, -0.2) is 25.4 Å². The molecule has 0 aliphatic rings. The largest absolute Gasteiger partial charge is 0.452 e. The van der Waals surface area contributed by atoms with Crippen molar-refractivity contribution < 1.29 is 19.1 Å². The first-order valence-corrected chi connectivity index (χ1v) is 8.39. The molecule has 0 aromatic rings. The van der Waals surface area contributed by atoms with Gasteiger partial charge in [0.05, 0.1) is 13.2 Å². The lowest BCUT2D eigenvalue weighted by atomic mass is 10.0. The lowest BCUT2D eigenvalue weighted by Crippen LogP contribution is -2.11. The number of hydrogen-bond donors (Lipinski definition) is 0. The summed E-state index contributed by atoms with van der Waals surface area (Å²) in [7, 11) is 0. The minimum atomic E-state index is -0.841. The van der Waals surface area contributed by atoms with Crippen LogP contribution in [0.1, 0.15) is 72.1 Å². The van der Waals surface area contributed by atoms with Crippen molar-refractivity contribution >= 4 is 12.2 Å². The topological polar surface area (TPSA) is 77.3 Å². The second kappa shape index (κ2) is 14.5.